The lowest BCUT2D eigenvalue weighted by Gasteiger charge is -2.09. The van der Waals surface area contributed by atoms with Gasteiger partial charge in [0.2, 0.25) is 0 Å². The number of anilines is 1. The molecule has 4 nitrogen and oxygen atoms in total. The topological polar surface area (TPSA) is 57.8 Å². The summed E-state index contributed by atoms with van der Waals surface area (Å²) < 4.78 is 26.9. The Hall–Kier alpha value is -2.73. The number of nitrogens with one attached hydrogen (secondary N) is 2. The number of nitrogens with zero attached hydrogens (tertiary/aromatic N) is 1. The van der Waals surface area contributed by atoms with E-state index in [1.807, 2.05) is 6.92 Å². The number of halogens is 3. The minimum atomic E-state index is -0.924. The fourth-order valence-corrected chi connectivity index (χ4v) is 2.57. The molecule has 0 atom stereocenters. The van der Waals surface area contributed by atoms with Crippen LogP contribution in [0.25, 0.3) is 11.3 Å². The molecule has 0 bridgehead atoms. The summed E-state index contributed by atoms with van der Waals surface area (Å²) in [6.45, 7) is 1.90. The number of hydrogen-bond donors (Lipinski definition) is 2. The van der Waals surface area contributed by atoms with E-state index in [2.05, 4.69) is 15.5 Å². The first-order valence-corrected chi connectivity index (χ1v) is 7.97. The number of H-pyrrole nitrogens is 1. The van der Waals surface area contributed by atoms with E-state index in [4.69, 9.17) is 11.6 Å². The monoisotopic (exact) mass is 361 g/mol. The number of aryl methyl sites for hydroxylation is 1. The van der Waals surface area contributed by atoms with Crippen molar-refractivity contribution >= 4 is 23.2 Å². The van der Waals surface area contributed by atoms with Crippen LogP contribution in [0.4, 0.5) is 14.5 Å². The molecule has 128 valence electrons. The molecule has 0 spiro atoms. The molecule has 3 rings (SSSR count). The maximum absolute atomic E-state index is 13.8. The second-order valence-corrected chi connectivity index (χ2v) is 5.80. The van der Waals surface area contributed by atoms with E-state index in [1.54, 1.807) is 24.3 Å². The number of aromatic nitrogens is 2. The van der Waals surface area contributed by atoms with Gasteiger partial charge in [0, 0.05) is 16.7 Å². The van der Waals surface area contributed by atoms with E-state index in [-0.39, 0.29) is 5.56 Å². The Bertz CT molecular complexity index is 923. The number of carbonyl (C=O) groups is 1. The van der Waals surface area contributed by atoms with Crippen molar-refractivity contribution in [2.24, 2.45) is 0 Å². The van der Waals surface area contributed by atoms with Crippen LogP contribution >= 0.6 is 11.6 Å². The Labute approximate surface area is 147 Å². The number of benzene rings is 2. The van der Waals surface area contributed by atoms with Gasteiger partial charge < -0.3 is 5.32 Å². The Morgan fingerprint density at radius 1 is 1.20 bits per heavy atom. The largest absolute Gasteiger partial charge is 0.318 e. The summed E-state index contributed by atoms with van der Waals surface area (Å²) in [5.74, 6) is -2.34. The summed E-state index contributed by atoms with van der Waals surface area (Å²) in [5, 5.41) is 10.3. The maximum Gasteiger partial charge on any atom is 0.258 e. The zero-order valence-corrected chi connectivity index (χ0v) is 14.0. The van der Waals surface area contributed by atoms with Crippen LogP contribution in [0.5, 0.6) is 0 Å². The fraction of sp³-hybridized carbons (Fsp3) is 0.111. The van der Waals surface area contributed by atoms with Crippen molar-refractivity contribution in [2.45, 2.75) is 13.3 Å². The first kappa shape index (κ1) is 17.1. The van der Waals surface area contributed by atoms with E-state index >= 15 is 0 Å². The second-order valence-electron chi connectivity index (χ2n) is 5.36. The summed E-state index contributed by atoms with van der Waals surface area (Å²) in [7, 11) is 0. The minimum absolute atomic E-state index is 0.244. The third-order valence-electron chi connectivity index (χ3n) is 3.73. The molecule has 0 saturated carbocycles. The van der Waals surface area contributed by atoms with Crippen molar-refractivity contribution in [3.63, 3.8) is 0 Å². The van der Waals surface area contributed by atoms with Crippen LogP contribution in [0.3, 0.4) is 0 Å². The van der Waals surface area contributed by atoms with Gasteiger partial charge >= 0.3 is 0 Å². The van der Waals surface area contributed by atoms with Crippen LogP contribution in [-0.2, 0) is 6.42 Å². The fourth-order valence-electron chi connectivity index (χ4n) is 2.44. The average molecular weight is 362 g/mol. The van der Waals surface area contributed by atoms with E-state index in [1.165, 1.54) is 0 Å². The second kappa shape index (κ2) is 7.03. The molecular weight excluding hydrogens is 348 g/mol. The molecule has 0 aliphatic rings. The number of aromatic amines is 1. The molecule has 2 N–H and O–H groups in total. The molecule has 0 unspecified atom stereocenters. The van der Waals surface area contributed by atoms with Gasteiger partial charge in [-0.25, -0.2) is 8.78 Å². The van der Waals surface area contributed by atoms with Crippen molar-refractivity contribution < 1.29 is 13.6 Å². The summed E-state index contributed by atoms with van der Waals surface area (Å²) in [6, 6.07) is 9.77. The van der Waals surface area contributed by atoms with Gasteiger partial charge in [-0.3, -0.25) is 9.89 Å². The molecular formula is C18H14ClF2N3O. The normalized spacial score (nSPS) is 10.7. The van der Waals surface area contributed by atoms with E-state index in [0.29, 0.717) is 34.6 Å². The molecule has 25 heavy (non-hydrogen) atoms. The van der Waals surface area contributed by atoms with Gasteiger partial charge in [-0.05, 0) is 30.7 Å². The van der Waals surface area contributed by atoms with Crippen molar-refractivity contribution in [1.29, 1.82) is 0 Å². The van der Waals surface area contributed by atoms with Gasteiger partial charge in [0.1, 0.15) is 17.3 Å². The Morgan fingerprint density at radius 2 is 1.92 bits per heavy atom. The highest BCUT2D eigenvalue weighted by Gasteiger charge is 2.19. The van der Waals surface area contributed by atoms with Crippen LogP contribution in [0, 0.1) is 11.6 Å². The molecule has 0 saturated heterocycles. The molecule has 0 aliphatic carbocycles. The number of carbonyl (C=O) groups excluding carboxylic acids is 1. The Balaban J connectivity index is 1.97. The quantitative estimate of drug-likeness (QED) is 0.699. The number of amides is 1. The number of hydrogen-bond acceptors (Lipinski definition) is 2. The zero-order chi connectivity index (χ0) is 18.0. The van der Waals surface area contributed by atoms with Gasteiger partial charge in [0.15, 0.2) is 0 Å². The Kier molecular flexibility index (Phi) is 4.81. The highest BCUT2D eigenvalue weighted by Crippen LogP contribution is 2.30. The molecule has 7 heteroatoms. The molecule has 0 radical (unpaired) electrons. The zero-order valence-electron chi connectivity index (χ0n) is 13.2. The van der Waals surface area contributed by atoms with Crippen LogP contribution in [0.2, 0.25) is 5.02 Å². The summed E-state index contributed by atoms with van der Waals surface area (Å²) >= 11 is 5.90. The van der Waals surface area contributed by atoms with Gasteiger partial charge in [0.25, 0.3) is 5.91 Å². The molecule has 1 heterocycles. The molecule has 1 aromatic heterocycles. The van der Waals surface area contributed by atoms with E-state index in [9.17, 15) is 13.6 Å². The predicted octanol–water partition coefficient (Wildman–Crippen LogP) is 4.82. The SMILES string of the molecule is CCc1[nH]nc(-c2ccc(Cl)cc2)c1NC(=O)c1ccc(F)cc1F. The molecule has 0 fully saturated rings. The van der Waals surface area contributed by atoms with Crippen LogP contribution in [-0.4, -0.2) is 16.1 Å². The van der Waals surface area contributed by atoms with Crippen molar-refractivity contribution in [3.8, 4) is 11.3 Å². The van der Waals surface area contributed by atoms with Crippen LogP contribution in [0.1, 0.15) is 23.0 Å². The minimum Gasteiger partial charge on any atom is -0.318 e. The van der Waals surface area contributed by atoms with Gasteiger partial charge in [-0.2, -0.15) is 5.10 Å². The van der Waals surface area contributed by atoms with E-state index in [0.717, 1.165) is 17.7 Å². The number of rotatable bonds is 4. The molecule has 3 aromatic rings. The third-order valence-corrected chi connectivity index (χ3v) is 3.98. The summed E-state index contributed by atoms with van der Waals surface area (Å²) in [4.78, 5) is 12.4. The standard InChI is InChI=1S/C18H14ClF2N3O/c1-2-15-17(16(24-23-15)10-3-5-11(19)6-4-10)22-18(25)13-8-7-12(20)9-14(13)21/h3-9H,2H2,1H3,(H,22,25)(H,23,24). The predicted molar refractivity (Wildman–Crippen MR) is 92.7 cm³/mol. The maximum atomic E-state index is 13.8. The lowest BCUT2D eigenvalue weighted by atomic mass is 10.1. The first-order valence-electron chi connectivity index (χ1n) is 7.59. The van der Waals surface area contributed by atoms with Crippen molar-refractivity contribution in [1.82, 2.24) is 10.2 Å². The van der Waals surface area contributed by atoms with Gasteiger partial charge in [-0.15, -0.1) is 0 Å². The lowest BCUT2D eigenvalue weighted by Crippen LogP contribution is -2.15. The van der Waals surface area contributed by atoms with Crippen LogP contribution < -0.4 is 5.32 Å². The average Bonchev–Trinajstić information content (AvgIpc) is 2.98. The third kappa shape index (κ3) is 3.53. The van der Waals surface area contributed by atoms with Gasteiger partial charge in [-0.1, -0.05) is 30.7 Å². The summed E-state index contributed by atoms with van der Waals surface area (Å²) in [5.41, 5.74) is 2.17. The van der Waals surface area contributed by atoms with Crippen molar-refractivity contribution in [2.75, 3.05) is 5.32 Å². The molecule has 0 aliphatic heterocycles. The summed E-state index contributed by atoms with van der Waals surface area (Å²) in [6.07, 6.45) is 0.585. The van der Waals surface area contributed by atoms with Gasteiger partial charge in [0.05, 0.1) is 16.9 Å². The molecule has 1 amide bonds. The van der Waals surface area contributed by atoms with Crippen LogP contribution in [0.15, 0.2) is 42.5 Å². The smallest absolute Gasteiger partial charge is 0.258 e. The van der Waals surface area contributed by atoms with Crippen molar-refractivity contribution in [3.05, 3.63) is 70.4 Å². The lowest BCUT2D eigenvalue weighted by molar-refractivity contribution is 0.102. The molecule has 2 aromatic carbocycles. The highest BCUT2D eigenvalue weighted by molar-refractivity contribution is 6.30. The Morgan fingerprint density at radius 3 is 2.56 bits per heavy atom. The van der Waals surface area contributed by atoms with E-state index < -0.39 is 17.5 Å². The highest BCUT2D eigenvalue weighted by atomic mass is 35.5. The first-order chi connectivity index (χ1) is 12.0.